The lowest BCUT2D eigenvalue weighted by Crippen LogP contribution is -2.29. The van der Waals surface area contributed by atoms with Crippen molar-refractivity contribution >= 4 is 38.0 Å². The van der Waals surface area contributed by atoms with Gasteiger partial charge in [-0.05, 0) is 37.7 Å². The Hall–Kier alpha value is -1.66. The second-order valence-corrected chi connectivity index (χ2v) is 5.17. The van der Waals surface area contributed by atoms with E-state index in [1.165, 1.54) is 25.8 Å². The normalized spacial score (nSPS) is 13.9. The van der Waals surface area contributed by atoms with E-state index in [9.17, 15) is 4.79 Å². The number of aromatic nitrogens is 2. The van der Waals surface area contributed by atoms with E-state index in [4.69, 9.17) is 4.42 Å². The fraction of sp³-hybridized carbons (Fsp3) is 0.231. The predicted octanol–water partition coefficient (Wildman–Crippen LogP) is 2.41. The van der Waals surface area contributed by atoms with Crippen LogP contribution in [-0.2, 0) is 0 Å². The molecule has 0 aliphatic carbocycles. The molecule has 0 radical (unpaired) electrons. The number of fused-ring (bicyclic) bond motifs is 3. The molecule has 0 spiro atoms. The molecule has 3 heterocycles. The van der Waals surface area contributed by atoms with Gasteiger partial charge in [0.1, 0.15) is 11.1 Å². The van der Waals surface area contributed by atoms with Crippen molar-refractivity contribution in [3.05, 3.63) is 39.4 Å². The zero-order valence-corrected chi connectivity index (χ0v) is 11.7. The van der Waals surface area contributed by atoms with E-state index in [1.807, 2.05) is 12.1 Å². The third-order valence-electron chi connectivity index (χ3n) is 2.93. The van der Waals surface area contributed by atoms with Gasteiger partial charge in [0.25, 0.3) is 5.56 Å². The molecule has 0 unspecified atom stereocenters. The maximum absolute atomic E-state index is 11.4. The lowest BCUT2D eigenvalue weighted by atomic mass is 10.2. The molecule has 0 amide bonds. The average Bonchev–Trinajstić information content (AvgIpc) is 2.67. The van der Waals surface area contributed by atoms with Crippen LogP contribution in [0.3, 0.4) is 0 Å². The average molecular weight is 322 g/mol. The Balaban J connectivity index is 0.000000237. The zero-order valence-electron chi connectivity index (χ0n) is 10.1. The van der Waals surface area contributed by atoms with Crippen LogP contribution in [0.2, 0.25) is 0 Å². The molecular weight excluding hydrogens is 310 g/mol. The minimum absolute atomic E-state index is 0.257. The molecule has 5 nitrogen and oxygen atoms in total. The largest absolute Gasteiger partial charge is 0.449 e. The summed E-state index contributed by atoms with van der Waals surface area (Å²) in [5.74, 6) is 0. The monoisotopic (exact) mass is 321 g/mol. The van der Waals surface area contributed by atoms with E-state index >= 15 is 0 Å². The van der Waals surface area contributed by atoms with E-state index < -0.39 is 0 Å². The smallest absolute Gasteiger partial charge is 0.294 e. The van der Waals surface area contributed by atoms with Crippen LogP contribution in [0.1, 0.15) is 6.42 Å². The predicted molar refractivity (Wildman–Crippen MR) is 77.3 cm³/mol. The third kappa shape index (κ3) is 2.41. The van der Waals surface area contributed by atoms with Crippen molar-refractivity contribution in [2.24, 2.45) is 0 Å². The molecule has 0 saturated carbocycles. The Labute approximate surface area is 117 Å². The van der Waals surface area contributed by atoms with Crippen LogP contribution in [0.25, 0.3) is 22.1 Å². The fourth-order valence-corrected chi connectivity index (χ4v) is 2.10. The van der Waals surface area contributed by atoms with Crippen LogP contribution in [0.4, 0.5) is 0 Å². The first kappa shape index (κ1) is 12.4. The van der Waals surface area contributed by atoms with Crippen LogP contribution in [0, 0.1) is 0 Å². The molecule has 3 aromatic rings. The van der Waals surface area contributed by atoms with Gasteiger partial charge in [-0.25, -0.2) is 4.98 Å². The van der Waals surface area contributed by atoms with Crippen molar-refractivity contribution in [1.29, 1.82) is 0 Å². The van der Waals surface area contributed by atoms with E-state index in [0.717, 1.165) is 9.86 Å². The first-order valence-corrected chi connectivity index (χ1v) is 6.81. The summed E-state index contributed by atoms with van der Waals surface area (Å²) in [5.41, 5.74) is 1.27. The summed E-state index contributed by atoms with van der Waals surface area (Å²) in [6.07, 6.45) is 2.76. The number of aromatic amines is 1. The van der Waals surface area contributed by atoms with E-state index in [0.29, 0.717) is 11.1 Å². The first-order valence-electron chi connectivity index (χ1n) is 6.02. The number of H-pyrrole nitrogens is 1. The van der Waals surface area contributed by atoms with Gasteiger partial charge in [-0.2, -0.15) is 0 Å². The summed E-state index contributed by atoms with van der Waals surface area (Å²) >= 11 is 3.37. The molecule has 6 heteroatoms. The van der Waals surface area contributed by atoms with Crippen LogP contribution in [-0.4, -0.2) is 23.1 Å². The van der Waals surface area contributed by atoms with Crippen molar-refractivity contribution in [1.82, 2.24) is 15.3 Å². The second kappa shape index (κ2) is 5.14. The maximum atomic E-state index is 11.4. The quantitative estimate of drug-likeness (QED) is 0.667. The number of furan rings is 1. The second-order valence-electron chi connectivity index (χ2n) is 4.26. The lowest BCUT2D eigenvalue weighted by Gasteiger charge is -2.09. The first-order chi connectivity index (χ1) is 9.25. The molecule has 1 aliphatic heterocycles. The fourth-order valence-electron chi connectivity index (χ4n) is 1.74. The number of hydrogen-bond acceptors (Lipinski definition) is 4. The lowest BCUT2D eigenvalue weighted by molar-refractivity contribution is 0.527. The summed E-state index contributed by atoms with van der Waals surface area (Å²) in [5, 5.41) is 3.95. The zero-order chi connectivity index (χ0) is 13.2. The van der Waals surface area contributed by atoms with Crippen molar-refractivity contribution in [3.63, 3.8) is 0 Å². The topological polar surface area (TPSA) is 70.9 Å². The van der Waals surface area contributed by atoms with Gasteiger partial charge >= 0.3 is 0 Å². The summed E-state index contributed by atoms with van der Waals surface area (Å²) < 4.78 is 6.34. The summed E-state index contributed by atoms with van der Waals surface area (Å²) in [6.45, 7) is 2.50. The van der Waals surface area contributed by atoms with Crippen LogP contribution >= 0.6 is 15.9 Å². The Morgan fingerprint density at radius 2 is 2.05 bits per heavy atom. The standard InChI is InChI=1S/C10H5BrN2O2.C3H7N/c11-5-1-2-7-6(3-5)8-9(15-7)10(14)13-4-12-8;1-2-4-3-1/h1-4H,(H,12,13,14);4H,1-3H2. The molecule has 19 heavy (non-hydrogen) atoms. The van der Waals surface area contributed by atoms with Gasteiger partial charge < -0.3 is 14.7 Å². The number of nitrogens with one attached hydrogen (secondary N) is 2. The number of rotatable bonds is 0. The van der Waals surface area contributed by atoms with Gasteiger partial charge in [0, 0.05) is 9.86 Å². The minimum atomic E-state index is -0.257. The molecule has 2 N–H and O–H groups in total. The Morgan fingerprint density at radius 1 is 1.32 bits per heavy atom. The highest BCUT2D eigenvalue weighted by atomic mass is 79.9. The van der Waals surface area contributed by atoms with Gasteiger partial charge in [-0.3, -0.25) is 4.79 Å². The van der Waals surface area contributed by atoms with Crippen molar-refractivity contribution < 1.29 is 4.42 Å². The van der Waals surface area contributed by atoms with Crippen LogP contribution in [0.15, 0.2) is 38.2 Å². The molecule has 1 saturated heterocycles. The van der Waals surface area contributed by atoms with Crippen LogP contribution in [0.5, 0.6) is 0 Å². The highest BCUT2D eigenvalue weighted by Gasteiger charge is 2.10. The van der Waals surface area contributed by atoms with Crippen molar-refractivity contribution in [3.8, 4) is 0 Å². The van der Waals surface area contributed by atoms with Gasteiger partial charge in [0.2, 0.25) is 5.58 Å². The van der Waals surface area contributed by atoms with Gasteiger partial charge in [-0.15, -0.1) is 0 Å². The minimum Gasteiger partial charge on any atom is -0.449 e. The number of benzene rings is 1. The van der Waals surface area contributed by atoms with E-state index in [2.05, 4.69) is 31.2 Å². The molecule has 98 valence electrons. The third-order valence-corrected chi connectivity index (χ3v) is 3.42. The molecule has 1 fully saturated rings. The van der Waals surface area contributed by atoms with E-state index in [-0.39, 0.29) is 11.1 Å². The van der Waals surface area contributed by atoms with Crippen molar-refractivity contribution in [2.45, 2.75) is 6.42 Å². The Bertz CT molecular complexity index is 770. The highest BCUT2D eigenvalue weighted by molar-refractivity contribution is 9.10. The van der Waals surface area contributed by atoms with Crippen molar-refractivity contribution in [2.75, 3.05) is 13.1 Å². The van der Waals surface area contributed by atoms with E-state index in [1.54, 1.807) is 6.07 Å². The maximum Gasteiger partial charge on any atom is 0.294 e. The molecule has 0 bridgehead atoms. The number of halogens is 1. The summed E-state index contributed by atoms with van der Waals surface area (Å²) in [7, 11) is 0. The highest BCUT2D eigenvalue weighted by Crippen LogP contribution is 2.27. The molecule has 1 aromatic carbocycles. The molecule has 1 aliphatic rings. The summed E-state index contributed by atoms with van der Waals surface area (Å²) in [4.78, 5) is 18.0. The number of hydrogen-bond donors (Lipinski definition) is 2. The molecule has 2 aromatic heterocycles. The summed E-state index contributed by atoms with van der Waals surface area (Å²) in [6, 6.07) is 5.55. The number of nitrogens with zero attached hydrogens (tertiary/aromatic N) is 1. The SMILES string of the molecule is C1CNC1.O=c1[nH]cnc2c1oc1ccc(Br)cc12. The molecular formula is C13H12BrN3O2. The van der Waals surface area contributed by atoms with Gasteiger partial charge in [0.15, 0.2) is 0 Å². The Morgan fingerprint density at radius 3 is 2.74 bits per heavy atom. The van der Waals surface area contributed by atoms with Crippen LogP contribution < -0.4 is 10.9 Å². The molecule has 4 rings (SSSR count). The Kier molecular flexibility index (Phi) is 3.35. The van der Waals surface area contributed by atoms with Gasteiger partial charge in [-0.1, -0.05) is 15.9 Å². The molecule has 0 atom stereocenters. The van der Waals surface area contributed by atoms with Gasteiger partial charge in [0.05, 0.1) is 6.33 Å².